The lowest BCUT2D eigenvalue weighted by atomic mass is 9.90. The molecule has 0 spiro atoms. The van der Waals surface area contributed by atoms with E-state index in [1.54, 1.807) is 0 Å². The van der Waals surface area contributed by atoms with Gasteiger partial charge in [-0.3, -0.25) is 4.79 Å². The molecule has 2 aliphatic heterocycles. The Labute approximate surface area is 149 Å². The van der Waals surface area contributed by atoms with Gasteiger partial charge in [0.25, 0.3) is 5.89 Å². The molecule has 2 saturated heterocycles. The fourth-order valence-corrected chi connectivity index (χ4v) is 3.62. The molecule has 2 aliphatic rings. The zero-order valence-electron chi connectivity index (χ0n) is 15.5. The molecule has 1 amide bonds. The molecular weight excluding hydrogens is 322 g/mol. The van der Waals surface area contributed by atoms with E-state index in [1.165, 1.54) is 0 Å². The standard InChI is InChI=1S/C18H29N3O4/c1-4-24-18(7-9-21(10-8-18)15(22)12-13(2)3)17-19-16(20-25-17)14-6-5-11-23-14/h13-14H,4-12H2,1-3H3/t14-/m1/s1. The number of rotatable bonds is 6. The molecule has 0 radical (unpaired) electrons. The molecule has 25 heavy (non-hydrogen) atoms. The van der Waals surface area contributed by atoms with E-state index >= 15 is 0 Å². The zero-order valence-corrected chi connectivity index (χ0v) is 15.5. The number of hydrogen-bond acceptors (Lipinski definition) is 6. The number of amides is 1. The van der Waals surface area contributed by atoms with Gasteiger partial charge < -0.3 is 18.9 Å². The maximum atomic E-state index is 12.3. The van der Waals surface area contributed by atoms with Crippen molar-refractivity contribution in [1.29, 1.82) is 0 Å². The quantitative estimate of drug-likeness (QED) is 0.784. The van der Waals surface area contributed by atoms with Crippen LogP contribution in [0.25, 0.3) is 0 Å². The smallest absolute Gasteiger partial charge is 0.259 e. The predicted molar refractivity (Wildman–Crippen MR) is 90.8 cm³/mol. The Morgan fingerprint density at radius 1 is 1.40 bits per heavy atom. The minimum Gasteiger partial charge on any atom is -0.370 e. The summed E-state index contributed by atoms with van der Waals surface area (Å²) >= 11 is 0. The topological polar surface area (TPSA) is 77.7 Å². The van der Waals surface area contributed by atoms with Crippen molar-refractivity contribution in [3.05, 3.63) is 11.7 Å². The van der Waals surface area contributed by atoms with Crippen molar-refractivity contribution in [1.82, 2.24) is 15.0 Å². The van der Waals surface area contributed by atoms with Crippen molar-refractivity contribution >= 4 is 5.91 Å². The highest BCUT2D eigenvalue weighted by Crippen LogP contribution is 2.37. The number of piperidine rings is 1. The van der Waals surface area contributed by atoms with Crippen LogP contribution in [-0.4, -0.2) is 47.3 Å². The van der Waals surface area contributed by atoms with Crippen molar-refractivity contribution in [2.75, 3.05) is 26.3 Å². The lowest BCUT2D eigenvalue weighted by Crippen LogP contribution is -2.47. The minimum absolute atomic E-state index is 0.0658. The number of carbonyl (C=O) groups excluding carboxylic acids is 1. The summed E-state index contributed by atoms with van der Waals surface area (Å²) in [4.78, 5) is 18.8. The van der Waals surface area contributed by atoms with Crippen LogP contribution in [0.2, 0.25) is 0 Å². The lowest BCUT2D eigenvalue weighted by Gasteiger charge is -2.39. The first-order chi connectivity index (χ1) is 12.0. The van der Waals surface area contributed by atoms with Crippen LogP contribution in [0.1, 0.15) is 70.7 Å². The highest BCUT2D eigenvalue weighted by atomic mass is 16.5. The van der Waals surface area contributed by atoms with Gasteiger partial charge in [0.1, 0.15) is 11.7 Å². The second-order valence-corrected chi connectivity index (χ2v) is 7.37. The normalized spacial score (nSPS) is 23.4. The van der Waals surface area contributed by atoms with E-state index in [4.69, 9.17) is 14.0 Å². The average Bonchev–Trinajstić information content (AvgIpc) is 3.26. The fraction of sp³-hybridized carbons (Fsp3) is 0.833. The highest BCUT2D eigenvalue weighted by Gasteiger charge is 2.43. The Morgan fingerprint density at radius 2 is 2.16 bits per heavy atom. The maximum absolute atomic E-state index is 12.3. The fourth-order valence-electron chi connectivity index (χ4n) is 3.62. The average molecular weight is 351 g/mol. The molecule has 7 heteroatoms. The molecule has 1 aromatic heterocycles. The molecule has 0 unspecified atom stereocenters. The molecule has 7 nitrogen and oxygen atoms in total. The Balaban J connectivity index is 1.70. The van der Waals surface area contributed by atoms with Crippen LogP contribution in [-0.2, 0) is 19.9 Å². The summed E-state index contributed by atoms with van der Waals surface area (Å²) in [5, 5.41) is 4.12. The molecule has 0 bridgehead atoms. The number of aromatic nitrogens is 2. The number of nitrogens with zero attached hydrogens (tertiary/aromatic N) is 3. The van der Waals surface area contributed by atoms with Gasteiger partial charge in [-0.25, -0.2) is 0 Å². The lowest BCUT2D eigenvalue weighted by molar-refractivity contribution is -0.142. The van der Waals surface area contributed by atoms with Crippen LogP contribution < -0.4 is 0 Å². The second-order valence-electron chi connectivity index (χ2n) is 7.37. The van der Waals surface area contributed by atoms with Gasteiger partial charge in [-0.2, -0.15) is 4.98 Å². The minimum atomic E-state index is -0.590. The summed E-state index contributed by atoms with van der Waals surface area (Å²) in [5.74, 6) is 1.72. The Bertz CT molecular complexity index is 573. The van der Waals surface area contributed by atoms with Gasteiger partial charge in [0.05, 0.1) is 0 Å². The van der Waals surface area contributed by atoms with Crippen LogP contribution in [0.4, 0.5) is 0 Å². The van der Waals surface area contributed by atoms with Crippen LogP contribution in [0.15, 0.2) is 4.52 Å². The SMILES string of the molecule is CCOC1(c2nc([C@H]3CCCO3)no2)CCN(C(=O)CC(C)C)CC1. The zero-order chi connectivity index (χ0) is 17.9. The Morgan fingerprint density at radius 3 is 2.76 bits per heavy atom. The summed E-state index contributed by atoms with van der Waals surface area (Å²) in [5.41, 5.74) is -0.590. The largest absolute Gasteiger partial charge is 0.370 e. The number of ether oxygens (including phenoxy) is 2. The van der Waals surface area contributed by atoms with E-state index in [0.717, 1.165) is 19.4 Å². The van der Waals surface area contributed by atoms with Crippen molar-refractivity contribution in [3.63, 3.8) is 0 Å². The van der Waals surface area contributed by atoms with E-state index in [0.29, 0.717) is 56.6 Å². The first kappa shape index (κ1) is 18.3. The molecule has 1 atom stereocenters. The molecule has 140 valence electrons. The molecule has 0 saturated carbocycles. The number of carbonyl (C=O) groups is 1. The molecule has 0 aromatic carbocycles. The Hall–Kier alpha value is -1.47. The molecule has 1 aromatic rings. The molecule has 3 heterocycles. The van der Waals surface area contributed by atoms with E-state index in [1.807, 2.05) is 11.8 Å². The molecule has 0 aliphatic carbocycles. The van der Waals surface area contributed by atoms with Crippen molar-refractivity contribution in [3.8, 4) is 0 Å². The molecule has 0 N–H and O–H groups in total. The van der Waals surface area contributed by atoms with E-state index < -0.39 is 5.60 Å². The predicted octanol–water partition coefficient (Wildman–Crippen LogP) is 2.82. The number of hydrogen-bond donors (Lipinski definition) is 0. The van der Waals surface area contributed by atoms with Gasteiger partial charge >= 0.3 is 0 Å². The monoisotopic (exact) mass is 351 g/mol. The molecule has 2 fully saturated rings. The highest BCUT2D eigenvalue weighted by molar-refractivity contribution is 5.76. The summed E-state index contributed by atoms with van der Waals surface area (Å²) in [7, 11) is 0. The molecular formula is C18H29N3O4. The van der Waals surface area contributed by atoms with Gasteiger partial charge in [0.15, 0.2) is 0 Å². The van der Waals surface area contributed by atoms with Gasteiger partial charge in [0.2, 0.25) is 11.7 Å². The van der Waals surface area contributed by atoms with Crippen LogP contribution in [0, 0.1) is 5.92 Å². The Kier molecular flexibility index (Phi) is 5.74. The van der Waals surface area contributed by atoms with Gasteiger partial charge in [-0.1, -0.05) is 19.0 Å². The van der Waals surface area contributed by atoms with E-state index in [2.05, 4.69) is 24.0 Å². The van der Waals surface area contributed by atoms with E-state index in [-0.39, 0.29) is 12.0 Å². The third-order valence-electron chi connectivity index (χ3n) is 4.98. The summed E-state index contributed by atoms with van der Waals surface area (Å²) < 4.78 is 17.3. The van der Waals surface area contributed by atoms with E-state index in [9.17, 15) is 4.79 Å². The van der Waals surface area contributed by atoms with Crippen molar-refractivity contribution < 1.29 is 18.8 Å². The summed E-state index contributed by atoms with van der Waals surface area (Å²) in [6.07, 6.45) is 3.83. The number of likely N-dealkylation sites (tertiary alicyclic amines) is 1. The first-order valence-electron chi connectivity index (χ1n) is 9.41. The van der Waals surface area contributed by atoms with Gasteiger partial charge in [-0.05, 0) is 25.7 Å². The molecule has 3 rings (SSSR count). The van der Waals surface area contributed by atoms with Crippen molar-refractivity contribution in [2.24, 2.45) is 5.92 Å². The first-order valence-corrected chi connectivity index (χ1v) is 9.41. The summed E-state index contributed by atoms with van der Waals surface area (Å²) in [6, 6.07) is 0. The third kappa shape index (κ3) is 4.03. The van der Waals surface area contributed by atoms with Gasteiger partial charge in [-0.15, -0.1) is 0 Å². The van der Waals surface area contributed by atoms with Crippen LogP contribution >= 0.6 is 0 Å². The van der Waals surface area contributed by atoms with Gasteiger partial charge in [0, 0.05) is 45.6 Å². The summed E-state index contributed by atoms with van der Waals surface area (Å²) in [6.45, 7) is 8.73. The third-order valence-corrected chi connectivity index (χ3v) is 4.98. The maximum Gasteiger partial charge on any atom is 0.259 e. The van der Waals surface area contributed by atoms with Crippen LogP contribution in [0.3, 0.4) is 0 Å². The van der Waals surface area contributed by atoms with Crippen LogP contribution in [0.5, 0.6) is 0 Å². The van der Waals surface area contributed by atoms with Crippen molar-refractivity contribution in [2.45, 2.75) is 64.6 Å². The second kappa shape index (κ2) is 7.83.